The van der Waals surface area contributed by atoms with Gasteiger partial charge in [-0.2, -0.15) is 0 Å². The summed E-state index contributed by atoms with van der Waals surface area (Å²) in [6.07, 6.45) is 9.50. The van der Waals surface area contributed by atoms with Crippen LogP contribution >= 0.6 is 0 Å². The lowest BCUT2D eigenvalue weighted by molar-refractivity contribution is 0.127. The number of ether oxygens (including phenoxy) is 1. The van der Waals surface area contributed by atoms with Crippen molar-refractivity contribution in [3.8, 4) is 0 Å². The molecule has 2 rings (SSSR count). The molecule has 0 bridgehead atoms. The Hall–Kier alpha value is -0.310. The molecule has 0 radical (unpaired) electrons. The second-order valence-electron chi connectivity index (χ2n) is 5.23. The smallest absolute Gasteiger partial charge is 0.0947 e. The molecule has 3 heteroatoms. The highest BCUT2D eigenvalue weighted by molar-refractivity contribution is 7.86. The first-order chi connectivity index (χ1) is 7.74. The van der Waals surface area contributed by atoms with Gasteiger partial charge in [0.1, 0.15) is 0 Å². The molecule has 0 aromatic carbocycles. The highest BCUT2D eigenvalue weighted by Gasteiger charge is 2.41. The lowest BCUT2D eigenvalue weighted by Gasteiger charge is -2.39. The molecule has 0 N–H and O–H groups in total. The van der Waals surface area contributed by atoms with Gasteiger partial charge in [0.2, 0.25) is 0 Å². The van der Waals surface area contributed by atoms with E-state index in [2.05, 4.69) is 6.92 Å². The van der Waals surface area contributed by atoms with Gasteiger partial charge in [0, 0.05) is 27.7 Å². The van der Waals surface area contributed by atoms with Gasteiger partial charge in [-0.25, -0.2) is 0 Å². The molecular weight excluding hydrogens is 220 g/mol. The van der Waals surface area contributed by atoms with Crippen LogP contribution in [0.15, 0.2) is 11.8 Å². The van der Waals surface area contributed by atoms with E-state index in [1.54, 1.807) is 0 Å². The van der Waals surface area contributed by atoms with Crippen LogP contribution in [0.25, 0.3) is 0 Å². The lowest BCUT2D eigenvalue weighted by atomic mass is 9.90. The van der Waals surface area contributed by atoms with Gasteiger partial charge in [-0.3, -0.25) is 4.21 Å². The van der Waals surface area contributed by atoms with Crippen molar-refractivity contribution < 1.29 is 8.95 Å². The minimum absolute atomic E-state index is 0.219. The molecule has 1 saturated heterocycles. The molecule has 2 fully saturated rings. The lowest BCUT2D eigenvalue weighted by Crippen LogP contribution is -2.47. The van der Waals surface area contributed by atoms with E-state index in [9.17, 15) is 4.21 Å². The largest absolute Gasteiger partial charge is 0.501 e. The number of hydrogen-bond acceptors (Lipinski definition) is 2. The predicted molar refractivity (Wildman–Crippen MR) is 67.7 cm³/mol. The van der Waals surface area contributed by atoms with E-state index in [-0.39, 0.29) is 5.41 Å². The number of hydrogen-bond donors (Lipinski definition) is 0. The first-order valence-corrected chi connectivity index (χ1v) is 7.87. The van der Waals surface area contributed by atoms with Crippen LogP contribution < -0.4 is 0 Å². The van der Waals surface area contributed by atoms with E-state index in [0.29, 0.717) is 0 Å². The van der Waals surface area contributed by atoms with Gasteiger partial charge < -0.3 is 4.74 Å². The fraction of sp³-hybridized carbons (Fsp3) is 0.846. The van der Waals surface area contributed by atoms with Crippen LogP contribution in [0.1, 0.15) is 45.4 Å². The Morgan fingerprint density at radius 3 is 2.56 bits per heavy atom. The van der Waals surface area contributed by atoms with E-state index >= 15 is 0 Å². The van der Waals surface area contributed by atoms with E-state index < -0.39 is 10.8 Å². The van der Waals surface area contributed by atoms with Crippen molar-refractivity contribution in [1.82, 2.24) is 0 Å². The zero-order valence-corrected chi connectivity index (χ0v) is 11.0. The van der Waals surface area contributed by atoms with Crippen molar-refractivity contribution in [2.45, 2.75) is 45.4 Å². The molecule has 0 aromatic heterocycles. The molecule has 2 nitrogen and oxygen atoms in total. The normalized spacial score (nSPS) is 34.3. The standard InChI is InChI=1S/C13H22O2S/c1-2-13(10-16(14)11-13)9-15-8-12-6-4-3-5-7-12/h8H,2-7,9-11H2,1H3. The van der Waals surface area contributed by atoms with Gasteiger partial charge >= 0.3 is 0 Å². The Morgan fingerprint density at radius 2 is 2.00 bits per heavy atom. The van der Waals surface area contributed by atoms with Crippen LogP contribution in [0.5, 0.6) is 0 Å². The highest BCUT2D eigenvalue weighted by Crippen LogP contribution is 2.34. The molecule has 0 aromatic rings. The van der Waals surface area contributed by atoms with Gasteiger partial charge in [0.15, 0.2) is 0 Å². The maximum atomic E-state index is 11.2. The second kappa shape index (κ2) is 5.35. The minimum Gasteiger partial charge on any atom is -0.501 e. The maximum absolute atomic E-state index is 11.2. The molecule has 92 valence electrons. The highest BCUT2D eigenvalue weighted by atomic mass is 32.2. The van der Waals surface area contributed by atoms with Crippen LogP contribution in [-0.4, -0.2) is 22.3 Å². The molecule has 1 aliphatic heterocycles. The molecule has 0 amide bonds. The summed E-state index contributed by atoms with van der Waals surface area (Å²) in [6.45, 7) is 2.94. The third kappa shape index (κ3) is 2.88. The van der Waals surface area contributed by atoms with Crippen LogP contribution in [0.3, 0.4) is 0 Å². The van der Waals surface area contributed by atoms with Gasteiger partial charge in [-0.1, -0.05) is 13.3 Å². The predicted octanol–water partition coefficient (Wildman–Crippen LogP) is 3.01. The average molecular weight is 242 g/mol. The maximum Gasteiger partial charge on any atom is 0.0947 e. The summed E-state index contributed by atoms with van der Waals surface area (Å²) in [5, 5.41) is 0. The van der Waals surface area contributed by atoms with Gasteiger partial charge in [0.05, 0.1) is 12.9 Å². The van der Waals surface area contributed by atoms with Gasteiger partial charge in [-0.15, -0.1) is 0 Å². The number of allylic oxidation sites excluding steroid dienone is 1. The summed E-state index contributed by atoms with van der Waals surface area (Å²) < 4.78 is 16.9. The van der Waals surface area contributed by atoms with Gasteiger partial charge in [0.25, 0.3) is 0 Å². The molecule has 0 atom stereocenters. The average Bonchev–Trinajstić information content (AvgIpc) is 2.27. The Bertz CT molecular complexity index is 280. The zero-order chi connectivity index (χ0) is 11.4. The molecule has 1 aliphatic carbocycles. The Kier molecular flexibility index (Phi) is 4.06. The van der Waals surface area contributed by atoms with Crippen LogP contribution in [0, 0.1) is 5.41 Å². The van der Waals surface area contributed by atoms with Crippen molar-refractivity contribution in [2.24, 2.45) is 5.41 Å². The Labute approximate surface area is 101 Å². The summed E-state index contributed by atoms with van der Waals surface area (Å²) >= 11 is 0. The summed E-state index contributed by atoms with van der Waals surface area (Å²) in [5.74, 6) is 1.68. The van der Waals surface area contributed by atoms with E-state index in [0.717, 1.165) is 24.5 Å². The molecule has 0 spiro atoms. The van der Waals surface area contributed by atoms with Crippen molar-refractivity contribution >= 4 is 10.8 Å². The van der Waals surface area contributed by atoms with Gasteiger partial charge in [-0.05, 0) is 37.7 Å². The quantitative estimate of drug-likeness (QED) is 0.708. The number of rotatable bonds is 4. The topological polar surface area (TPSA) is 26.3 Å². The molecular formula is C13H22O2S. The van der Waals surface area contributed by atoms with Crippen molar-refractivity contribution in [3.63, 3.8) is 0 Å². The third-order valence-corrected chi connectivity index (χ3v) is 5.69. The Balaban J connectivity index is 1.76. The van der Waals surface area contributed by atoms with Crippen LogP contribution in [-0.2, 0) is 15.5 Å². The molecule has 1 heterocycles. The first-order valence-electron chi connectivity index (χ1n) is 6.39. The Morgan fingerprint density at radius 1 is 1.31 bits per heavy atom. The molecule has 16 heavy (non-hydrogen) atoms. The SMILES string of the molecule is CCC1(COC=C2CCCCC2)CS(=O)C1. The third-order valence-electron chi connectivity index (χ3n) is 3.82. The fourth-order valence-corrected chi connectivity index (χ4v) is 4.35. The summed E-state index contributed by atoms with van der Waals surface area (Å²) in [4.78, 5) is 0. The van der Waals surface area contributed by atoms with Crippen molar-refractivity contribution in [3.05, 3.63) is 11.8 Å². The minimum atomic E-state index is -0.570. The van der Waals surface area contributed by atoms with Crippen LogP contribution in [0.2, 0.25) is 0 Å². The van der Waals surface area contributed by atoms with Crippen molar-refractivity contribution in [2.75, 3.05) is 18.1 Å². The summed E-state index contributed by atoms with van der Waals surface area (Å²) in [5.41, 5.74) is 1.69. The summed E-state index contributed by atoms with van der Waals surface area (Å²) in [6, 6.07) is 0. The molecule has 1 saturated carbocycles. The molecule has 0 unspecified atom stereocenters. The van der Waals surface area contributed by atoms with E-state index in [1.807, 2.05) is 6.26 Å². The fourth-order valence-electron chi connectivity index (χ4n) is 2.49. The second-order valence-corrected chi connectivity index (χ2v) is 6.69. The summed E-state index contributed by atoms with van der Waals surface area (Å²) in [7, 11) is -0.570. The van der Waals surface area contributed by atoms with Crippen LogP contribution in [0.4, 0.5) is 0 Å². The zero-order valence-electron chi connectivity index (χ0n) is 10.2. The van der Waals surface area contributed by atoms with E-state index in [4.69, 9.17) is 4.74 Å². The first kappa shape index (κ1) is 12.2. The van der Waals surface area contributed by atoms with E-state index in [1.165, 1.54) is 37.7 Å². The monoisotopic (exact) mass is 242 g/mol. The van der Waals surface area contributed by atoms with Crippen molar-refractivity contribution in [1.29, 1.82) is 0 Å². The molecule has 2 aliphatic rings.